The first-order valence-electron chi connectivity index (χ1n) is 8.59. The summed E-state index contributed by atoms with van der Waals surface area (Å²) in [6, 6.07) is 16.0. The summed E-state index contributed by atoms with van der Waals surface area (Å²) in [4.78, 5) is 8.74. The number of pyridine rings is 2. The molecule has 0 aliphatic carbocycles. The van der Waals surface area contributed by atoms with Crippen molar-refractivity contribution >= 4 is 33.6 Å². The quantitative estimate of drug-likeness (QED) is 0.480. The average Bonchev–Trinajstić information content (AvgIpc) is 3.38. The van der Waals surface area contributed by atoms with Gasteiger partial charge in [-0.15, -0.1) is 10.2 Å². The third kappa shape index (κ3) is 3.06. The number of nitrogens with zero attached hydrogens (tertiary/aromatic N) is 5. The lowest BCUT2D eigenvalue weighted by molar-refractivity contribution is 1.09. The summed E-state index contributed by atoms with van der Waals surface area (Å²) in [5.41, 5.74) is 13.3. The highest BCUT2D eigenvalue weighted by atomic mass is 32.1. The molecule has 4 aromatic heterocycles. The highest BCUT2D eigenvalue weighted by molar-refractivity contribution is 7.13. The Hall–Kier alpha value is -3.78. The number of imidazole rings is 1. The molecule has 7 nitrogen and oxygen atoms in total. The van der Waals surface area contributed by atoms with Crippen LogP contribution < -0.4 is 11.1 Å². The van der Waals surface area contributed by atoms with Crippen LogP contribution in [0, 0.1) is 0 Å². The minimum atomic E-state index is 0.509. The number of nitrogens with two attached hydrogens (primary N) is 1. The smallest absolute Gasteiger partial charge is 0.209 e. The van der Waals surface area contributed by atoms with E-state index < -0.39 is 0 Å². The van der Waals surface area contributed by atoms with Crippen LogP contribution in [0.3, 0.4) is 0 Å². The van der Waals surface area contributed by atoms with Gasteiger partial charge in [0.25, 0.3) is 0 Å². The zero-order valence-corrected chi connectivity index (χ0v) is 15.5. The number of nitrogens with one attached hydrogen (secondary N) is 1. The minimum absolute atomic E-state index is 0.509. The molecule has 5 rings (SSSR count). The van der Waals surface area contributed by atoms with Gasteiger partial charge in [-0.3, -0.25) is 4.40 Å². The Balaban J connectivity index is 1.51. The van der Waals surface area contributed by atoms with Crippen molar-refractivity contribution in [1.29, 1.82) is 0 Å². The van der Waals surface area contributed by atoms with E-state index in [0.29, 0.717) is 5.82 Å². The molecule has 0 bridgehead atoms. The first kappa shape index (κ1) is 16.4. The second-order valence-electron chi connectivity index (χ2n) is 6.21. The Bertz CT molecular complexity index is 1240. The molecule has 0 unspecified atom stereocenters. The van der Waals surface area contributed by atoms with E-state index in [1.807, 2.05) is 36.7 Å². The minimum Gasteiger partial charge on any atom is -0.384 e. The predicted molar refractivity (Wildman–Crippen MR) is 111 cm³/mol. The third-order valence-corrected chi connectivity index (χ3v) is 5.01. The van der Waals surface area contributed by atoms with Crippen molar-refractivity contribution < 1.29 is 0 Å². The summed E-state index contributed by atoms with van der Waals surface area (Å²) < 4.78 is 2.07. The number of benzene rings is 1. The zero-order valence-electron chi connectivity index (χ0n) is 14.6. The molecule has 3 N–H and O–H groups in total. The number of hydrogen-bond acceptors (Lipinski definition) is 7. The van der Waals surface area contributed by atoms with Gasteiger partial charge in [-0.25, -0.2) is 9.97 Å². The van der Waals surface area contributed by atoms with E-state index in [-0.39, 0.29) is 0 Å². The molecule has 5 aromatic rings. The van der Waals surface area contributed by atoms with Crippen molar-refractivity contribution in [2.24, 2.45) is 0 Å². The lowest BCUT2D eigenvalue weighted by Crippen LogP contribution is -1.93. The lowest BCUT2D eigenvalue weighted by Gasteiger charge is -2.07. The topological polar surface area (TPSA) is 94.0 Å². The normalized spacial score (nSPS) is 11.0. The number of hydrogen-bond donors (Lipinski definition) is 2. The first-order chi connectivity index (χ1) is 13.8. The summed E-state index contributed by atoms with van der Waals surface area (Å²) in [6.07, 6.45) is 5.67. The van der Waals surface area contributed by atoms with Crippen LogP contribution in [-0.2, 0) is 0 Å². The Kier molecular flexibility index (Phi) is 3.95. The van der Waals surface area contributed by atoms with Crippen molar-refractivity contribution in [2.45, 2.75) is 0 Å². The van der Waals surface area contributed by atoms with E-state index in [1.54, 1.807) is 17.8 Å². The molecule has 0 aliphatic rings. The maximum atomic E-state index is 5.68. The van der Waals surface area contributed by atoms with Crippen LogP contribution in [0.5, 0.6) is 0 Å². The van der Waals surface area contributed by atoms with Crippen LogP contribution in [0.15, 0.2) is 72.6 Å². The Morgan fingerprint density at radius 3 is 2.71 bits per heavy atom. The van der Waals surface area contributed by atoms with Crippen LogP contribution in [-0.4, -0.2) is 24.6 Å². The summed E-state index contributed by atoms with van der Waals surface area (Å²) in [6.45, 7) is 0. The zero-order chi connectivity index (χ0) is 18.9. The second-order valence-corrected chi connectivity index (χ2v) is 7.04. The number of fused-ring (bicyclic) bond motifs is 1. The van der Waals surface area contributed by atoms with E-state index in [2.05, 4.69) is 48.1 Å². The standard InChI is InChI=1S/C20H15N7S/c21-18-5-4-15(10-22-18)13-6-7-27-17(11-23-19(27)9-13)14-2-1-3-16(8-14)25-20-26-24-12-28-20/h1-12H,(H2,21,22)(H,25,26). The first-order valence-corrected chi connectivity index (χ1v) is 9.47. The predicted octanol–water partition coefficient (Wildman–Crippen LogP) is 4.24. The van der Waals surface area contributed by atoms with Gasteiger partial charge in [0.2, 0.25) is 5.13 Å². The molecule has 0 saturated carbocycles. The molecular formula is C20H15N7S. The monoisotopic (exact) mass is 385 g/mol. The fourth-order valence-corrected chi connectivity index (χ4v) is 3.52. The molecule has 0 spiro atoms. The van der Waals surface area contributed by atoms with Gasteiger partial charge in [-0.1, -0.05) is 23.5 Å². The summed E-state index contributed by atoms with van der Waals surface area (Å²) in [5, 5.41) is 11.9. The van der Waals surface area contributed by atoms with Gasteiger partial charge in [0.05, 0.1) is 11.9 Å². The highest BCUT2D eigenvalue weighted by Crippen LogP contribution is 2.28. The molecule has 0 amide bonds. The van der Waals surface area contributed by atoms with E-state index in [4.69, 9.17) is 5.73 Å². The number of rotatable bonds is 4. The number of anilines is 3. The summed E-state index contributed by atoms with van der Waals surface area (Å²) in [7, 11) is 0. The summed E-state index contributed by atoms with van der Waals surface area (Å²) in [5.74, 6) is 0.509. The SMILES string of the molecule is Nc1ccc(-c2ccn3c(-c4cccc(Nc5nncs5)c4)cnc3c2)cn1. The number of aromatic nitrogens is 5. The summed E-state index contributed by atoms with van der Waals surface area (Å²) >= 11 is 1.46. The Labute approximate surface area is 164 Å². The van der Waals surface area contributed by atoms with Crippen molar-refractivity contribution in [3.05, 3.63) is 72.6 Å². The van der Waals surface area contributed by atoms with Crippen molar-refractivity contribution in [2.75, 3.05) is 11.1 Å². The molecule has 28 heavy (non-hydrogen) atoms. The second kappa shape index (κ2) is 6.75. The van der Waals surface area contributed by atoms with Crippen LogP contribution in [0.2, 0.25) is 0 Å². The fraction of sp³-hybridized carbons (Fsp3) is 0. The van der Waals surface area contributed by atoms with E-state index in [1.165, 1.54) is 11.3 Å². The molecular weight excluding hydrogens is 370 g/mol. The molecule has 0 fully saturated rings. The maximum Gasteiger partial charge on any atom is 0.209 e. The van der Waals surface area contributed by atoms with Gasteiger partial charge >= 0.3 is 0 Å². The molecule has 0 aliphatic heterocycles. The molecule has 0 atom stereocenters. The highest BCUT2D eigenvalue weighted by Gasteiger charge is 2.09. The fourth-order valence-electron chi connectivity index (χ4n) is 3.06. The van der Waals surface area contributed by atoms with Crippen molar-refractivity contribution in [3.8, 4) is 22.4 Å². The maximum absolute atomic E-state index is 5.68. The number of nitrogen functional groups attached to an aromatic ring is 1. The van der Waals surface area contributed by atoms with Crippen LogP contribution in [0.1, 0.15) is 0 Å². The molecule has 0 radical (unpaired) electrons. The third-order valence-electron chi connectivity index (χ3n) is 4.40. The van der Waals surface area contributed by atoms with Crippen LogP contribution in [0.4, 0.5) is 16.6 Å². The van der Waals surface area contributed by atoms with Crippen molar-refractivity contribution in [3.63, 3.8) is 0 Å². The Morgan fingerprint density at radius 1 is 0.929 bits per heavy atom. The van der Waals surface area contributed by atoms with Gasteiger partial charge in [0.1, 0.15) is 17.0 Å². The van der Waals surface area contributed by atoms with Gasteiger partial charge in [0, 0.05) is 29.2 Å². The van der Waals surface area contributed by atoms with Gasteiger partial charge in [-0.2, -0.15) is 0 Å². The largest absolute Gasteiger partial charge is 0.384 e. The molecule has 136 valence electrons. The van der Waals surface area contributed by atoms with E-state index >= 15 is 0 Å². The Morgan fingerprint density at radius 2 is 1.89 bits per heavy atom. The van der Waals surface area contributed by atoms with Crippen LogP contribution >= 0.6 is 11.3 Å². The van der Waals surface area contributed by atoms with E-state index in [0.717, 1.165) is 38.9 Å². The molecule has 1 aromatic carbocycles. The van der Waals surface area contributed by atoms with Gasteiger partial charge in [0.15, 0.2) is 0 Å². The van der Waals surface area contributed by atoms with E-state index in [9.17, 15) is 0 Å². The average molecular weight is 385 g/mol. The van der Waals surface area contributed by atoms with Gasteiger partial charge in [-0.05, 0) is 42.0 Å². The van der Waals surface area contributed by atoms with Gasteiger partial charge < -0.3 is 11.1 Å². The molecule has 0 saturated heterocycles. The molecule has 8 heteroatoms. The molecule has 4 heterocycles. The van der Waals surface area contributed by atoms with Crippen molar-refractivity contribution in [1.82, 2.24) is 24.6 Å². The lowest BCUT2D eigenvalue weighted by atomic mass is 10.1. The van der Waals surface area contributed by atoms with Crippen LogP contribution in [0.25, 0.3) is 28.0 Å².